The second-order valence-corrected chi connectivity index (χ2v) is 5.97. The second kappa shape index (κ2) is 8.27. The summed E-state index contributed by atoms with van der Waals surface area (Å²) in [7, 11) is 0. The highest BCUT2D eigenvalue weighted by molar-refractivity contribution is 5.74. The number of pyridine rings is 1. The summed E-state index contributed by atoms with van der Waals surface area (Å²) in [6.45, 7) is 2.60. The van der Waals surface area contributed by atoms with Crippen LogP contribution in [-0.4, -0.2) is 16.9 Å². The number of ether oxygens (including phenoxy) is 2. The topological polar surface area (TPSA) is 65.5 Å². The number of carbonyl (C=O) groups is 2. The number of benzene rings is 2. The fourth-order valence-electron chi connectivity index (χ4n) is 2.93. The molecule has 0 bridgehead atoms. The first-order valence-corrected chi connectivity index (χ1v) is 8.52. The van der Waals surface area contributed by atoms with Crippen LogP contribution < -0.4 is 9.47 Å². The monoisotopic (exact) mass is 361 g/mol. The molecule has 2 aromatic carbocycles. The van der Waals surface area contributed by atoms with Gasteiger partial charge in [0.15, 0.2) is 11.5 Å². The van der Waals surface area contributed by atoms with Gasteiger partial charge in [0.25, 0.3) is 0 Å². The third kappa shape index (κ3) is 4.39. The zero-order chi connectivity index (χ0) is 19.2. The lowest BCUT2D eigenvalue weighted by molar-refractivity contribution is -0.134. The molecule has 1 aromatic heterocycles. The normalized spacial score (nSPS) is 10.5. The van der Waals surface area contributed by atoms with Crippen molar-refractivity contribution < 1.29 is 19.1 Å². The van der Waals surface area contributed by atoms with Crippen LogP contribution in [0.1, 0.15) is 36.6 Å². The Balaban J connectivity index is 2.22. The fraction of sp³-hybridized carbons (Fsp3) is 0.136. The molecule has 0 saturated carbocycles. The minimum absolute atomic E-state index is 0.151. The molecule has 0 aliphatic rings. The van der Waals surface area contributed by atoms with E-state index in [1.54, 1.807) is 6.20 Å². The molecule has 5 heteroatoms. The molecule has 0 saturated heterocycles. The molecule has 0 fully saturated rings. The van der Waals surface area contributed by atoms with Crippen molar-refractivity contribution in [2.24, 2.45) is 0 Å². The first kappa shape index (κ1) is 18.3. The minimum atomic E-state index is -0.516. The van der Waals surface area contributed by atoms with Crippen molar-refractivity contribution in [3.8, 4) is 11.5 Å². The van der Waals surface area contributed by atoms with Crippen molar-refractivity contribution in [3.63, 3.8) is 0 Å². The van der Waals surface area contributed by atoms with Crippen molar-refractivity contribution in [1.82, 2.24) is 4.98 Å². The highest BCUT2D eigenvalue weighted by atomic mass is 16.6. The predicted octanol–water partition coefficient (Wildman–Crippen LogP) is 4.11. The zero-order valence-corrected chi connectivity index (χ0v) is 15.1. The summed E-state index contributed by atoms with van der Waals surface area (Å²) < 4.78 is 10.7. The average molecular weight is 361 g/mol. The SMILES string of the molecule is CC(=O)Oc1ccnc(C(c2ccccc2)c2ccccc2)c1OC(C)=O. The van der Waals surface area contributed by atoms with Gasteiger partial charge in [-0.1, -0.05) is 60.7 Å². The van der Waals surface area contributed by atoms with Gasteiger partial charge in [0, 0.05) is 26.1 Å². The predicted molar refractivity (Wildman–Crippen MR) is 101 cm³/mol. The van der Waals surface area contributed by atoms with Crippen LogP contribution in [0, 0.1) is 0 Å². The first-order valence-electron chi connectivity index (χ1n) is 8.52. The lowest BCUT2D eigenvalue weighted by atomic mass is 9.87. The van der Waals surface area contributed by atoms with Crippen molar-refractivity contribution in [2.75, 3.05) is 0 Å². The maximum Gasteiger partial charge on any atom is 0.308 e. The first-order chi connectivity index (χ1) is 13.1. The van der Waals surface area contributed by atoms with Gasteiger partial charge in [-0.05, 0) is 11.1 Å². The lowest BCUT2D eigenvalue weighted by Gasteiger charge is -2.21. The summed E-state index contributed by atoms with van der Waals surface area (Å²) in [5, 5.41) is 0. The van der Waals surface area contributed by atoms with Gasteiger partial charge in [0.1, 0.15) is 0 Å². The number of rotatable bonds is 5. The van der Waals surface area contributed by atoms with Crippen LogP contribution in [0.4, 0.5) is 0 Å². The smallest absolute Gasteiger partial charge is 0.308 e. The van der Waals surface area contributed by atoms with Crippen LogP contribution in [-0.2, 0) is 9.59 Å². The Labute approximate surface area is 157 Å². The van der Waals surface area contributed by atoms with E-state index in [9.17, 15) is 9.59 Å². The summed E-state index contributed by atoms with van der Waals surface area (Å²) in [5.74, 6) is -0.997. The highest BCUT2D eigenvalue weighted by Crippen LogP contribution is 2.40. The fourth-order valence-corrected chi connectivity index (χ4v) is 2.93. The van der Waals surface area contributed by atoms with E-state index < -0.39 is 11.9 Å². The number of esters is 2. The molecule has 3 aromatic rings. The lowest BCUT2D eigenvalue weighted by Crippen LogP contribution is -2.13. The highest BCUT2D eigenvalue weighted by Gasteiger charge is 2.26. The van der Waals surface area contributed by atoms with E-state index in [0.717, 1.165) is 11.1 Å². The zero-order valence-electron chi connectivity index (χ0n) is 15.1. The van der Waals surface area contributed by atoms with Crippen molar-refractivity contribution >= 4 is 11.9 Å². The Bertz CT molecular complexity index is 900. The van der Waals surface area contributed by atoms with Gasteiger partial charge >= 0.3 is 11.9 Å². The Morgan fingerprint density at radius 2 is 1.30 bits per heavy atom. The van der Waals surface area contributed by atoms with E-state index >= 15 is 0 Å². The van der Waals surface area contributed by atoms with E-state index in [1.807, 2.05) is 60.7 Å². The summed E-state index contributed by atoms with van der Waals surface area (Å²) in [5.41, 5.74) is 2.45. The van der Waals surface area contributed by atoms with E-state index in [0.29, 0.717) is 5.69 Å². The number of hydrogen-bond acceptors (Lipinski definition) is 5. The van der Waals surface area contributed by atoms with Gasteiger partial charge in [0.05, 0.1) is 11.6 Å². The second-order valence-electron chi connectivity index (χ2n) is 5.97. The molecule has 27 heavy (non-hydrogen) atoms. The number of aromatic nitrogens is 1. The molecular weight excluding hydrogens is 342 g/mol. The van der Waals surface area contributed by atoms with Crippen LogP contribution in [0.5, 0.6) is 11.5 Å². The van der Waals surface area contributed by atoms with Crippen LogP contribution in [0.2, 0.25) is 0 Å². The Hall–Kier alpha value is -3.47. The average Bonchev–Trinajstić information content (AvgIpc) is 2.65. The largest absolute Gasteiger partial charge is 0.423 e. The molecule has 0 unspecified atom stereocenters. The molecule has 5 nitrogen and oxygen atoms in total. The van der Waals surface area contributed by atoms with Crippen LogP contribution in [0.15, 0.2) is 72.9 Å². The van der Waals surface area contributed by atoms with Crippen LogP contribution >= 0.6 is 0 Å². The number of carbonyl (C=O) groups excluding carboxylic acids is 2. The Morgan fingerprint density at radius 3 is 1.78 bits per heavy atom. The molecule has 1 heterocycles. The molecule has 0 spiro atoms. The van der Waals surface area contributed by atoms with Gasteiger partial charge in [-0.2, -0.15) is 0 Å². The van der Waals surface area contributed by atoms with Gasteiger partial charge in [-0.15, -0.1) is 0 Å². The van der Waals surface area contributed by atoms with Gasteiger partial charge in [0.2, 0.25) is 0 Å². The van der Waals surface area contributed by atoms with Crippen LogP contribution in [0.3, 0.4) is 0 Å². The van der Waals surface area contributed by atoms with Gasteiger partial charge in [-0.25, -0.2) is 0 Å². The van der Waals surface area contributed by atoms with Crippen molar-refractivity contribution in [3.05, 3.63) is 89.7 Å². The molecule has 0 amide bonds. The molecule has 0 aliphatic heterocycles. The molecule has 0 atom stereocenters. The van der Waals surface area contributed by atoms with Gasteiger partial charge < -0.3 is 9.47 Å². The van der Waals surface area contributed by atoms with Crippen LogP contribution in [0.25, 0.3) is 0 Å². The van der Waals surface area contributed by atoms with E-state index in [1.165, 1.54) is 19.9 Å². The molecule has 136 valence electrons. The summed E-state index contributed by atoms with van der Waals surface area (Å²) in [6, 6.07) is 21.0. The van der Waals surface area contributed by atoms with Gasteiger partial charge in [-0.3, -0.25) is 14.6 Å². The number of hydrogen-bond donors (Lipinski definition) is 0. The third-order valence-corrected chi connectivity index (χ3v) is 3.93. The Morgan fingerprint density at radius 1 is 0.778 bits per heavy atom. The molecular formula is C22H19NO4. The molecule has 3 rings (SSSR count). The molecule has 0 aliphatic carbocycles. The standard InChI is InChI=1S/C22H19NO4/c1-15(24)26-19-13-14-23-21(22(19)27-16(2)25)20(17-9-5-3-6-10-17)18-11-7-4-8-12-18/h3-14,20H,1-2H3. The summed E-state index contributed by atoms with van der Waals surface area (Å²) in [4.78, 5) is 27.7. The third-order valence-electron chi connectivity index (χ3n) is 3.93. The summed E-state index contributed by atoms with van der Waals surface area (Å²) >= 11 is 0. The summed E-state index contributed by atoms with van der Waals surface area (Å²) in [6.07, 6.45) is 1.54. The number of nitrogens with zero attached hydrogens (tertiary/aromatic N) is 1. The molecule has 0 radical (unpaired) electrons. The maximum atomic E-state index is 11.7. The molecule has 0 N–H and O–H groups in total. The Kier molecular flexibility index (Phi) is 5.61. The van der Waals surface area contributed by atoms with E-state index in [4.69, 9.17) is 9.47 Å². The maximum absolute atomic E-state index is 11.7. The van der Waals surface area contributed by atoms with Crippen molar-refractivity contribution in [2.45, 2.75) is 19.8 Å². The minimum Gasteiger partial charge on any atom is -0.423 e. The van der Waals surface area contributed by atoms with Crippen molar-refractivity contribution in [1.29, 1.82) is 0 Å². The quantitative estimate of drug-likeness (QED) is 0.640. The van der Waals surface area contributed by atoms with E-state index in [-0.39, 0.29) is 17.4 Å². The van der Waals surface area contributed by atoms with E-state index in [2.05, 4.69) is 4.98 Å².